The van der Waals surface area contributed by atoms with Crippen LogP contribution in [0.4, 0.5) is 0 Å². The number of benzene rings is 1. The molecule has 0 spiro atoms. The lowest BCUT2D eigenvalue weighted by atomic mass is 9.97. The summed E-state index contributed by atoms with van der Waals surface area (Å²) in [6, 6.07) is 5.22. The van der Waals surface area contributed by atoms with Gasteiger partial charge >= 0.3 is 0 Å². The summed E-state index contributed by atoms with van der Waals surface area (Å²) in [5.74, 6) is 0. The number of fused-ring (bicyclic) bond motifs is 1. The normalized spacial score (nSPS) is 17.8. The highest BCUT2D eigenvalue weighted by atomic mass is 32.2. The van der Waals surface area contributed by atoms with Gasteiger partial charge in [0.2, 0.25) is 9.84 Å². The molecule has 0 atom stereocenters. The molecule has 4 heteroatoms. The van der Waals surface area contributed by atoms with E-state index in [2.05, 4.69) is 0 Å². The van der Waals surface area contributed by atoms with Crippen LogP contribution < -0.4 is 0 Å². The fourth-order valence-electron chi connectivity index (χ4n) is 2.03. The van der Waals surface area contributed by atoms with Crippen LogP contribution in [0, 0.1) is 0 Å². The maximum atomic E-state index is 11.9. The van der Waals surface area contributed by atoms with Crippen molar-refractivity contribution < 1.29 is 13.5 Å². The standard InChI is InChI=1S/C13H16O3S/c1-9-6-11-7-10(8-13(2,3)14)4-5-12(11)17(9,15)16/h4-7,14H,8H2,1-3H3. The Morgan fingerprint density at radius 1 is 1.29 bits per heavy atom. The van der Waals surface area contributed by atoms with Crippen molar-refractivity contribution in [2.24, 2.45) is 0 Å². The first-order valence-electron chi connectivity index (χ1n) is 5.49. The fourth-order valence-corrected chi connectivity index (χ4v) is 3.34. The summed E-state index contributed by atoms with van der Waals surface area (Å²) in [7, 11) is -3.25. The molecule has 1 N–H and O–H groups in total. The number of rotatable bonds is 2. The largest absolute Gasteiger partial charge is 0.390 e. The molecule has 0 amide bonds. The van der Waals surface area contributed by atoms with E-state index >= 15 is 0 Å². The van der Waals surface area contributed by atoms with Crippen LogP contribution in [-0.4, -0.2) is 19.1 Å². The molecule has 0 radical (unpaired) electrons. The summed E-state index contributed by atoms with van der Waals surface area (Å²) >= 11 is 0. The van der Waals surface area contributed by atoms with Crippen LogP contribution in [0.2, 0.25) is 0 Å². The minimum atomic E-state index is -3.25. The van der Waals surface area contributed by atoms with E-state index in [0.717, 1.165) is 11.1 Å². The molecule has 92 valence electrons. The van der Waals surface area contributed by atoms with Gasteiger partial charge in [0.05, 0.1) is 10.5 Å². The lowest BCUT2D eigenvalue weighted by molar-refractivity contribution is 0.0810. The summed E-state index contributed by atoms with van der Waals surface area (Å²) in [6.45, 7) is 5.07. The molecule has 0 aromatic heterocycles. The molecule has 0 unspecified atom stereocenters. The van der Waals surface area contributed by atoms with Crippen molar-refractivity contribution in [1.82, 2.24) is 0 Å². The van der Waals surface area contributed by atoms with E-state index in [1.165, 1.54) is 0 Å². The highest BCUT2D eigenvalue weighted by Gasteiger charge is 2.26. The van der Waals surface area contributed by atoms with Crippen LogP contribution in [0.3, 0.4) is 0 Å². The van der Waals surface area contributed by atoms with Gasteiger partial charge in [-0.05, 0) is 44.0 Å². The number of aliphatic hydroxyl groups is 1. The van der Waals surface area contributed by atoms with Crippen LogP contribution in [0.5, 0.6) is 0 Å². The Morgan fingerprint density at radius 3 is 2.53 bits per heavy atom. The Kier molecular flexibility index (Phi) is 2.67. The zero-order valence-corrected chi connectivity index (χ0v) is 11.0. The van der Waals surface area contributed by atoms with Gasteiger partial charge in [0, 0.05) is 11.3 Å². The van der Waals surface area contributed by atoms with Crippen molar-refractivity contribution in [2.75, 3.05) is 0 Å². The van der Waals surface area contributed by atoms with Crippen molar-refractivity contribution in [2.45, 2.75) is 37.7 Å². The summed E-state index contributed by atoms with van der Waals surface area (Å²) < 4.78 is 23.7. The first-order valence-corrected chi connectivity index (χ1v) is 6.97. The van der Waals surface area contributed by atoms with E-state index in [4.69, 9.17) is 0 Å². The third kappa shape index (κ3) is 2.28. The molecule has 2 rings (SSSR count). The fraction of sp³-hybridized carbons (Fsp3) is 0.385. The Balaban J connectivity index is 2.45. The van der Waals surface area contributed by atoms with Gasteiger partial charge in [-0.2, -0.15) is 0 Å². The van der Waals surface area contributed by atoms with E-state index in [0.29, 0.717) is 16.2 Å². The molecule has 0 fully saturated rings. The molecule has 1 aromatic carbocycles. The Hall–Kier alpha value is -1.13. The van der Waals surface area contributed by atoms with Crippen LogP contribution >= 0.6 is 0 Å². The predicted molar refractivity (Wildman–Crippen MR) is 67.3 cm³/mol. The van der Waals surface area contributed by atoms with Gasteiger partial charge in [-0.1, -0.05) is 12.1 Å². The van der Waals surface area contributed by atoms with Crippen molar-refractivity contribution in [3.05, 3.63) is 34.2 Å². The smallest absolute Gasteiger partial charge is 0.203 e. The van der Waals surface area contributed by atoms with Crippen LogP contribution in [0.15, 0.2) is 28.0 Å². The van der Waals surface area contributed by atoms with Gasteiger partial charge in [0.15, 0.2) is 0 Å². The highest BCUT2D eigenvalue weighted by Crippen LogP contribution is 2.33. The topological polar surface area (TPSA) is 54.4 Å². The van der Waals surface area contributed by atoms with Crippen LogP contribution in [-0.2, 0) is 16.3 Å². The van der Waals surface area contributed by atoms with Gasteiger partial charge in [-0.25, -0.2) is 8.42 Å². The molecule has 1 aliphatic heterocycles. The van der Waals surface area contributed by atoms with Gasteiger partial charge in [0.25, 0.3) is 0 Å². The first kappa shape index (κ1) is 12.3. The second-order valence-electron chi connectivity index (χ2n) is 5.12. The van der Waals surface area contributed by atoms with E-state index < -0.39 is 15.4 Å². The Bertz CT molecular complexity index is 590. The minimum Gasteiger partial charge on any atom is -0.390 e. The lowest BCUT2D eigenvalue weighted by Gasteiger charge is -2.17. The van der Waals surface area contributed by atoms with Crippen molar-refractivity contribution in [1.29, 1.82) is 0 Å². The predicted octanol–water partition coefficient (Wildman–Crippen LogP) is 2.15. The van der Waals surface area contributed by atoms with Crippen molar-refractivity contribution in [3.8, 4) is 0 Å². The summed E-state index contributed by atoms with van der Waals surface area (Å²) in [5.41, 5.74) is 0.881. The molecule has 0 saturated heterocycles. The summed E-state index contributed by atoms with van der Waals surface area (Å²) in [6.07, 6.45) is 2.19. The highest BCUT2D eigenvalue weighted by molar-refractivity contribution is 7.95. The van der Waals surface area contributed by atoms with Gasteiger partial charge in [-0.15, -0.1) is 0 Å². The molecular formula is C13H16O3S. The third-order valence-electron chi connectivity index (χ3n) is 2.78. The molecule has 0 aliphatic carbocycles. The molecule has 17 heavy (non-hydrogen) atoms. The maximum Gasteiger partial charge on any atom is 0.203 e. The monoisotopic (exact) mass is 252 g/mol. The van der Waals surface area contributed by atoms with Gasteiger partial charge < -0.3 is 5.11 Å². The number of hydrogen-bond donors (Lipinski definition) is 1. The average molecular weight is 252 g/mol. The van der Waals surface area contributed by atoms with E-state index in [1.807, 2.05) is 6.07 Å². The SMILES string of the molecule is CC1=Cc2cc(CC(C)(C)O)ccc2S1(=O)=O. The summed E-state index contributed by atoms with van der Waals surface area (Å²) in [4.78, 5) is 0.752. The van der Waals surface area contributed by atoms with Crippen molar-refractivity contribution >= 4 is 15.9 Å². The molecule has 3 nitrogen and oxygen atoms in total. The molecule has 0 bridgehead atoms. The number of hydrogen-bond acceptors (Lipinski definition) is 3. The van der Waals surface area contributed by atoms with Crippen LogP contribution in [0.1, 0.15) is 31.9 Å². The Morgan fingerprint density at radius 2 is 1.94 bits per heavy atom. The molecule has 1 aromatic rings. The summed E-state index contributed by atoms with van der Waals surface area (Å²) in [5, 5.41) is 9.74. The van der Waals surface area contributed by atoms with Crippen molar-refractivity contribution in [3.63, 3.8) is 0 Å². The molecular weight excluding hydrogens is 236 g/mol. The van der Waals surface area contributed by atoms with E-state index in [1.54, 1.807) is 39.0 Å². The Labute approximate surface area is 102 Å². The average Bonchev–Trinajstić information content (AvgIpc) is 2.35. The van der Waals surface area contributed by atoms with Crippen LogP contribution in [0.25, 0.3) is 6.08 Å². The zero-order chi connectivity index (χ0) is 12.8. The second-order valence-corrected chi connectivity index (χ2v) is 7.21. The van der Waals surface area contributed by atoms with E-state index in [9.17, 15) is 13.5 Å². The van der Waals surface area contributed by atoms with Gasteiger partial charge in [0.1, 0.15) is 0 Å². The van der Waals surface area contributed by atoms with E-state index in [-0.39, 0.29) is 0 Å². The molecule has 1 heterocycles. The third-order valence-corrected chi connectivity index (χ3v) is 4.70. The van der Waals surface area contributed by atoms with Gasteiger partial charge in [-0.3, -0.25) is 0 Å². The number of sulfone groups is 1. The minimum absolute atomic E-state index is 0.370. The first-order chi connectivity index (χ1) is 7.70. The maximum absolute atomic E-state index is 11.9. The second kappa shape index (κ2) is 3.68. The molecule has 0 saturated carbocycles. The quantitative estimate of drug-likeness (QED) is 0.877. The lowest BCUT2D eigenvalue weighted by Crippen LogP contribution is -2.21. The molecule has 1 aliphatic rings. The number of allylic oxidation sites excluding steroid dienone is 1. The zero-order valence-electron chi connectivity index (χ0n) is 10.2.